The zero-order chi connectivity index (χ0) is 17.6. The van der Waals surface area contributed by atoms with Crippen LogP contribution < -0.4 is 10.6 Å². The number of pyridine rings is 1. The van der Waals surface area contributed by atoms with Crippen LogP contribution in [-0.2, 0) is 6.54 Å². The van der Waals surface area contributed by atoms with Gasteiger partial charge in [0.25, 0.3) is 5.91 Å². The highest BCUT2D eigenvalue weighted by atomic mass is 35.5. The second-order valence-corrected chi connectivity index (χ2v) is 5.78. The molecule has 2 N–H and O–H groups in total. The molecule has 1 aromatic carbocycles. The lowest BCUT2D eigenvalue weighted by Gasteiger charge is -2.10. The molecule has 2 heterocycles. The standard InChI is InChI=1S/C18H16ClN5O/c1-12-14(19)5-2-6-15(12)24-17-8-16(22-11-23-17)18(25)21-10-13-4-3-7-20-9-13/h2-9,11H,10H2,1H3,(H,21,25)(H,22,23,24). The third-order valence-corrected chi connectivity index (χ3v) is 4.02. The van der Waals surface area contributed by atoms with E-state index in [4.69, 9.17) is 11.6 Å². The molecule has 0 unspecified atom stereocenters. The summed E-state index contributed by atoms with van der Waals surface area (Å²) in [6.07, 6.45) is 4.74. The molecular formula is C18H16ClN5O. The minimum Gasteiger partial charge on any atom is -0.347 e. The lowest BCUT2D eigenvalue weighted by atomic mass is 10.2. The van der Waals surface area contributed by atoms with Crippen molar-refractivity contribution in [2.75, 3.05) is 5.32 Å². The smallest absolute Gasteiger partial charge is 0.270 e. The van der Waals surface area contributed by atoms with Gasteiger partial charge in [0.2, 0.25) is 0 Å². The van der Waals surface area contributed by atoms with Gasteiger partial charge in [0, 0.05) is 35.7 Å². The Kier molecular flexibility index (Phi) is 5.20. The maximum Gasteiger partial charge on any atom is 0.270 e. The zero-order valence-corrected chi connectivity index (χ0v) is 14.3. The van der Waals surface area contributed by atoms with Crippen LogP contribution in [0.15, 0.2) is 55.1 Å². The first-order valence-electron chi connectivity index (χ1n) is 7.65. The predicted molar refractivity (Wildman–Crippen MR) is 96.9 cm³/mol. The van der Waals surface area contributed by atoms with E-state index in [9.17, 15) is 4.79 Å². The van der Waals surface area contributed by atoms with Gasteiger partial charge in [0.05, 0.1) is 0 Å². The number of rotatable bonds is 5. The molecule has 126 valence electrons. The fourth-order valence-corrected chi connectivity index (χ4v) is 2.38. The number of hydrogen-bond acceptors (Lipinski definition) is 5. The van der Waals surface area contributed by atoms with Gasteiger partial charge < -0.3 is 10.6 Å². The number of benzene rings is 1. The zero-order valence-electron chi connectivity index (χ0n) is 13.5. The Morgan fingerprint density at radius 1 is 1.20 bits per heavy atom. The summed E-state index contributed by atoms with van der Waals surface area (Å²) < 4.78 is 0. The van der Waals surface area contributed by atoms with Crippen LogP contribution in [0, 0.1) is 6.92 Å². The Morgan fingerprint density at radius 2 is 2.08 bits per heavy atom. The SMILES string of the molecule is Cc1c(Cl)cccc1Nc1cc(C(=O)NCc2cccnc2)ncn1. The lowest BCUT2D eigenvalue weighted by Crippen LogP contribution is -2.24. The van der Waals surface area contributed by atoms with E-state index in [1.165, 1.54) is 6.33 Å². The molecule has 25 heavy (non-hydrogen) atoms. The normalized spacial score (nSPS) is 10.3. The average molecular weight is 354 g/mol. The van der Waals surface area contributed by atoms with E-state index in [1.807, 2.05) is 37.3 Å². The Labute approximate surface area is 150 Å². The van der Waals surface area contributed by atoms with E-state index >= 15 is 0 Å². The van der Waals surface area contributed by atoms with E-state index in [0.717, 1.165) is 16.8 Å². The minimum atomic E-state index is -0.280. The summed E-state index contributed by atoms with van der Waals surface area (Å²) in [5.74, 6) is 0.240. The highest BCUT2D eigenvalue weighted by molar-refractivity contribution is 6.31. The summed E-state index contributed by atoms with van der Waals surface area (Å²) in [5.41, 5.74) is 2.93. The number of nitrogens with one attached hydrogen (secondary N) is 2. The molecule has 3 rings (SSSR count). The monoisotopic (exact) mass is 353 g/mol. The molecule has 2 aromatic heterocycles. The third-order valence-electron chi connectivity index (χ3n) is 3.61. The van der Waals surface area contributed by atoms with Crippen LogP contribution in [0.3, 0.4) is 0 Å². The van der Waals surface area contributed by atoms with Gasteiger partial charge in [-0.2, -0.15) is 0 Å². The van der Waals surface area contributed by atoms with Gasteiger partial charge in [0.15, 0.2) is 0 Å². The van der Waals surface area contributed by atoms with E-state index in [1.54, 1.807) is 18.5 Å². The number of halogens is 1. The number of carbonyl (C=O) groups is 1. The average Bonchev–Trinajstić information content (AvgIpc) is 2.64. The van der Waals surface area contributed by atoms with E-state index < -0.39 is 0 Å². The molecule has 0 fully saturated rings. The van der Waals surface area contributed by atoms with Gasteiger partial charge >= 0.3 is 0 Å². The van der Waals surface area contributed by atoms with E-state index in [2.05, 4.69) is 25.6 Å². The molecule has 0 saturated heterocycles. The van der Waals surface area contributed by atoms with Gasteiger partial charge in [-0.15, -0.1) is 0 Å². The van der Waals surface area contributed by atoms with Gasteiger partial charge in [-0.3, -0.25) is 9.78 Å². The fourth-order valence-electron chi connectivity index (χ4n) is 2.21. The summed E-state index contributed by atoms with van der Waals surface area (Å²) in [6.45, 7) is 2.29. The number of anilines is 2. The molecule has 1 amide bonds. The Balaban J connectivity index is 1.70. The first-order chi connectivity index (χ1) is 12.1. The highest BCUT2D eigenvalue weighted by Gasteiger charge is 2.10. The number of aromatic nitrogens is 3. The summed E-state index contributed by atoms with van der Waals surface area (Å²) >= 11 is 6.12. The van der Waals surface area contributed by atoms with Crippen molar-refractivity contribution >= 4 is 29.0 Å². The summed E-state index contributed by atoms with van der Waals surface area (Å²) in [4.78, 5) is 24.5. The van der Waals surface area contributed by atoms with Gasteiger partial charge in [0.1, 0.15) is 17.8 Å². The Morgan fingerprint density at radius 3 is 2.88 bits per heavy atom. The molecule has 0 radical (unpaired) electrons. The van der Waals surface area contributed by atoms with Crippen molar-refractivity contribution in [1.82, 2.24) is 20.3 Å². The van der Waals surface area contributed by atoms with Crippen molar-refractivity contribution in [2.45, 2.75) is 13.5 Å². The highest BCUT2D eigenvalue weighted by Crippen LogP contribution is 2.25. The first kappa shape index (κ1) is 16.9. The molecule has 0 spiro atoms. The molecule has 0 aliphatic carbocycles. The largest absolute Gasteiger partial charge is 0.347 e. The summed E-state index contributed by atoms with van der Waals surface area (Å²) in [5, 5.41) is 6.63. The Hall–Kier alpha value is -2.99. The van der Waals surface area contributed by atoms with Crippen molar-refractivity contribution < 1.29 is 4.79 Å². The lowest BCUT2D eigenvalue weighted by molar-refractivity contribution is 0.0946. The van der Waals surface area contributed by atoms with Crippen molar-refractivity contribution in [1.29, 1.82) is 0 Å². The fraction of sp³-hybridized carbons (Fsp3) is 0.111. The van der Waals surface area contributed by atoms with Crippen LogP contribution in [-0.4, -0.2) is 20.9 Å². The maximum absolute atomic E-state index is 12.3. The third kappa shape index (κ3) is 4.30. The molecular weight excluding hydrogens is 338 g/mol. The van der Waals surface area contributed by atoms with E-state index in [-0.39, 0.29) is 11.6 Å². The molecule has 6 nitrogen and oxygen atoms in total. The van der Waals surface area contributed by atoms with Crippen LogP contribution in [0.1, 0.15) is 21.6 Å². The summed E-state index contributed by atoms with van der Waals surface area (Å²) in [6, 6.07) is 10.9. The number of carbonyl (C=O) groups excluding carboxylic acids is 1. The molecule has 0 atom stereocenters. The maximum atomic E-state index is 12.3. The van der Waals surface area contributed by atoms with Crippen LogP contribution in [0.4, 0.5) is 11.5 Å². The van der Waals surface area contributed by atoms with Gasteiger partial charge in [-0.25, -0.2) is 9.97 Å². The number of nitrogens with zero attached hydrogens (tertiary/aromatic N) is 3. The van der Waals surface area contributed by atoms with Crippen molar-refractivity contribution in [3.05, 3.63) is 77.0 Å². The molecule has 7 heteroatoms. The van der Waals surface area contributed by atoms with Crippen LogP contribution in [0.5, 0.6) is 0 Å². The first-order valence-corrected chi connectivity index (χ1v) is 8.02. The van der Waals surface area contributed by atoms with E-state index in [0.29, 0.717) is 17.4 Å². The predicted octanol–water partition coefficient (Wildman–Crippen LogP) is 3.51. The molecule has 3 aromatic rings. The van der Waals surface area contributed by atoms with Crippen LogP contribution in [0.2, 0.25) is 5.02 Å². The van der Waals surface area contributed by atoms with Crippen LogP contribution >= 0.6 is 11.6 Å². The molecule has 0 bridgehead atoms. The Bertz CT molecular complexity index is 886. The second kappa shape index (κ2) is 7.72. The minimum absolute atomic E-state index is 0.279. The molecule has 0 aliphatic rings. The quantitative estimate of drug-likeness (QED) is 0.733. The van der Waals surface area contributed by atoms with Crippen LogP contribution in [0.25, 0.3) is 0 Å². The molecule has 0 saturated carbocycles. The second-order valence-electron chi connectivity index (χ2n) is 5.37. The number of hydrogen-bond donors (Lipinski definition) is 2. The summed E-state index contributed by atoms with van der Waals surface area (Å²) in [7, 11) is 0. The topological polar surface area (TPSA) is 79.8 Å². The molecule has 0 aliphatic heterocycles. The van der Waals surface area contributed by atoms with Gasteiger partial charge in [-0.1, -0.05) is 23.7 Å². The number of amides is 1. The van der Waals surface area contributed by atoms with Crippen molar-refractivity contribution in [3.63, 3.8) is 0 Å². The van der Waals surface area contributed by atoms with Gasteiger partial charge in [-0.05, 0) is 36.2 Å². The van der Waals surface area contributed by atoms with Crippen molar-refractivity contribution in [2.24, 2.45) is 0 Å². The van der Waals surface area contributed by atoms with Crippen molar-refractivity contribution in [3.8, 4) is 0 Å².